The number of hydrazine groups is 1. The minimum Gasteiger partial charge on any atom is -0.479 e. The number of fused-ring (bicyclic) bond motifs is 1. The highest BCUT2D eigenvalue weighted by molar-refractivity contribution is 6.35. The number of benzene rings is 2. The summed E-state index contributed by atoms with van der Waals surface area (Å²) < 4.78 is 0. The lowest BCUT2D eigenvalue weighted by molar-refractivity contribution is -0.141. The van der Waals surface area contributed by atoms with Gasteiger partial charge >= 0.3 is 5.97 Å². The lowest BCUT2D eigenvalue weighted by atomic mass is 9.79. The van der Waals surface area contributed by atoms with Gasteiger partial charge in [-0.1, -0.05) is 60.1 Å². The molecule has 166 valence electrons. The Morgan fingerprint density at radius 1 is 1.12 bits per heavy atom. The number of halogens is 2. The average Bonchev–Trinajstić information content (AvgIpc) is 3.12. The summed E-state index contributed by atoms with van der Waals surface area (Å²) in [4.78, 5) is 32.7. The third-order valence-corrected chi connectivity index (χ3v) is 6.29. The van der Waals surface area contributed by atoms with Crippen LogP contribution in [-0.2, 0) is 15.1 Å². The largest absolute Gasteiger partial charge is 0.479 e. The maximum Gasteiger partial charge on any atom is 0.341 e. The molecule has 1 amide bonds. The molecule has 0 aromatic heterocycles. The van der Waals surface area contributed by atoms with E-state index in [0.717, 1.165) is 13.1 Å². The Labute approximate surface area is 195 Å². The number of hydrogen-bond acceptors (Lipinski definition) is 5. The maximum atomic E-state index is 13.2. The fourth-order valence-electron chi connectivity index (χ4n) is 4.09. The number of piperazine rings is 1. The van der Waals surface area contributed by atoms with Gasteiger partial charge in [-0.3, -0.25) is 15.2 Å². The van der Waals surface area contributed by atoms with Crippen molar-refractivity contribution in [3.8, 4) is 0 Å². The minimum atomic E-state index is -1.88. The minimum absolute atomic E-state index is 0.0121. The summed E-state index contributed by atoms with van der Waals surface area (Å²) in [7, 11) is 2.01. The van der Waals surface area contributed by atoms with Crippen molar-refractivity contribution in [1.29, 1.82) is 0 Å². The molecule has 7 nitrogen and oxygen atoms in total. The SMILES string of the molecule is C=C(C(=O)NN1CCN(C)CC1)C1=c2c(Cl)cc(Cl)cc2=NC1(C(=O)O)c1ccccc1. The summed E-state index contributed by atoms with van der Waals surface area (Å²) in [6.45, 7) is 6.87. The number of carbonyl (C=O) groups is 2. The van der Waals surface area contributed by atoms with Crippen molar-refractivity contribution in [2.75, 3.05) is 33.2 Å². The lowest BCUT2D eigenvalue weighted by Crippen LogP contribution is -2.53. The second-order valence-electron chi connectivity index (χ2n) is 7.86. The van der Waals surface area contributed by atoms with Gasteiger partial charge in [0.05, 0.1) is 10.4 Å². The van der Waals surface area contributed by atoms with Gasteiger partial charge in [-0.15, -0.1) is 0 Å². The number of hydrogen-bond donors (Lipinski definition) is 2. The second-order valence-corrected chi connectivity index (χ2v) is 8.70. The monoisotopic (exact) mass is 472 g/mol. The smallest absolute Gasteiger partial charge is 0.341 e. The van der Waals surface area contributed by atoms with Gasteiger partial charge in [-0.2, -0.15) is 0 Å². The molecule has 2 heterocycles. The Kier molecular flexibility index (Phi) is 6.09. The summed E-state index contributed by atoms with van der Waals surface area (Å²) in [5.74, 6) is -1.74. The molecule has 0 radical (unpaired) electrons. The van der Waals surface area contributed by atoms with Crippen molar-refractivity contribution in [2.45, 2.75) is 5.54 Å². The molecule has 0 saturated carbocycles. The number of nitrogens with zero attached hydrogens (tertiary/aromatic N) is 3. The summed E-state index contributed by atoms with van der Waals surface area (Å²) >= 11 is 12.7. The molecule has 1 unspecified atom stereocenters. The molecule has 0 bridgehead atoms. The van der Waals surface area contributed by atoms with Gasteiger partial charge in [0.1, 0.15) is 0 Å². The Bertz CT molecular complexity index is 1220. The van der Waals surface area contributed by atoms with Crippen molar-refractivity contribution in [2.24, 2.45) is 4.99 Å². The zero-order chi connectivity index (χ0) is 23.0. The Morgan fingerprint density at radius 3 is 2.41 bits per heavy atom. The molecule has 2 aromatic carbocycles. The van der Waals surface area contributed by atoms with E-state index in [4.69, 9.17) is 23.2 Å². The van der Waals surface area contributed by atoms with Gasteiger partial charge < -0.3 is 10.0 Å². The molecular weight excluding hydrogens is 451 g/mol. The second kappa shape index (κ2) is 8.67. The predicted molar refractivity (Wildman–Crippen MR) is 123 cm³/mol. The number of carboxylic acid groups (broad SMARTS) is 1. The number of nitrogens with one attached hydrogen (secondary N) is 1. The van der Waals surface area contributed by atoms with Crippen LogP contribution in [0.3, 0.4) is 0 Å². The van der Waals surface area contributed by atoms with E-state index < -0.39 is 17.4 Å². The van der Waals surface area contributed by atoms with Crippen LogP contribution < -0.4 is 16.0 Å². The first-order valence-electron chi connectivity index (χ1n) is 10.1. The Balaban J connectivity index is 1.87. The summed E-state index contributed by atoms with van der Waals surface area (Å²) in [5.41, 5.74) is 1.48. The summed E-state index contributed by atoms with van der Waals surface area (Å²) in [5, 5.41) is 13.4. The van der Waals surface area contributed by atoms with Crippen LogP contribution in [0, 0.1) is 0 Å². The standard InChI is InChI=1S/C23H22Cl2N4O3/c1-14(21(30)27-29-10-8-28(2)9-11-29)20-19-17(25)12-16(24)13-18(19)26-23(20,22(31)32)15-6-4-3-5-7-15/h3-7,12-13H,1,8-11H2,2H3,(H,27,30)(H,31,32). The van der Waals surface area contributed by atoms with E-state index in [1.54, 1.807) is 41.4 Å². The molecule has 1 saturated heterocycles. The lowest BCUT2D eigenvalue weighted by Gasteiger charge is -2.33. The molecule has 0 aliphatic carbocycles. The van der Waals surface area contributed by atoms with E-state index in [0.29, 0.717) is 34.3 Å². The molecular formula is C23H22Cl2N4O3. The van der Waals surface area contributed by atoms with Crippen LogP contribution in [0.25, 0.3) is 5.57 Å². The summed E-state index contributed by atoms with van der Waals surface area (Å²) in [6, 6.07) is 11.6. The number of rotatable bonds is 5. The van der Waals surface area contributed by atoms with Gasteiger partial charge in [0, 0.05) is 47.6 Å². The van der Waals surface area contributed by atoms with Gasteiger partial charge in [0.2, 0.25) is 5.54 Å². The van der Waals surface area contributed by atoms with Gasteiger partial charge in [0.15, 0.2) is 0 Å². The van der Waals surface area contributed by atoms with E-state index in [9.17, 15) is 14.7 Å². The first-order valence-corrected chi connectivity index (χ1v) is 10.8. The zero-order valence-electron chi connectivity index (χ0n) is 17.4. The van der Waals surface area contributed by atoms with Crippen LogP contribution in [0.5, 0.6) is 0 Å². The molecule has 9 heteroatoms. The third kappa shape index (κ3) is 3.82. The zero-order valence-corrected chi connectivity index (χ0v) is 19.0. The van der Waals surface area contributed by atoms with E-state index in [-0.39, 0.29) is 16.2 Å². The van der Waals surface area contributed by atoms with Crippen molar-refractivity contribution >= 4 is 40.7 Å². The molecule has 1 fully saturated rings. The normalized spacial score (nSPS) is 21.0. The number of carbonyl (C=O) groups excluding carboxylic acids is 1. The van der Waals surface area contributed by atoms with Crippen LogP contribution in [0.2, 0.25) is 10.0 Å². The highest BCUT2D eigenvalue weighted by atomic mass is 35.5. The van der Waals surface area contributed by atoms with Crippen molar-refractivity contribution in [3.05, 3.63) is 80.8 Å². The number of aliphatic carboxylic acids is 1. The molecule has 2 N–H and O–H groups in total. The molecule has 32 heavy (non-hydrogen) atoms. The molecule has 2 aliphatic rings. The van der Waals surface area contributed by atoms with Gasteiger partial charge in [-0.25, -0.2) is 9.80 Å². The van der Waals surface area contributed by atoms with E-state index in [1.165, 1.54) is 6.07 Å². The van der Waals surface area contributed by atoms with Gasteiger partial charge in [-0.05, 0) is 24.7 Å². The Hall–Kier alpha value is -2.71. The number of amides is 1. The highest BCUT2D eigenvalue weighted by Crippen LogP contribution is 2.40. The average molecular weight is 473 g/mol. The summed E-state index contributed by atoms with van der Waals surface area (Å²) in [6.07, 6.45) is 0. The van der Waals surface area contributed by atoms with Crippen LogP contribution in [0.4, 0.5) is 0 Å². The van der Waals surface area contributed by atoms with Crippen molar-refractivity contribution < 1.29 is 14.7 Å². The number of carboxylic acids is 1. The Morgan fingerprint density at radius 2 is 1.78 bits per heavy atom. The van der Waals surface area contributed by atoms with Crippen LogP contribution >= 0.6 is 23.2 Å². The highest BCUT2D eigenvalue weighted by Gasteiger charge is 2.49. The fourth-order valence-corrected chi connectivity index (χ4v) is 4.67. The molecule has 2 aliphatic heterocycles. The molecule has 1 atom stereocenters. The van der Waals surface area contributed by atoms with Crippen molar-refractivity contribution in [1.82, 2.24) is 15.3 Å². The number of likely N-dealkylation sites (N-methyl/N-ethyl adjacent to an activating group) is 1. The van der Waals surface area contributed by atoms with Gasteiger partial charge in [0.25, 0.3) is 5.91 Å². The van der Waals surface area contributed by atoms with E-state index in [2.05, 4.69) is 21.9 Å². The van der Waals surface area contributed by atoms with E-state index >= 15 is 0 Å². The molecule has 0 spiro atoms. The first-order chi connectivity index (χ1) is 15.2. The van der Waals surface area contributed by atoms with Crippen molar-refractivity contribution in [3.63, 3.8) is 0 Å². The van der Waals surface area contributed by atoms with Crippen LogP contribution in [-0.4, -0.2) is 60.1 Å². The van der Waals surface area contributed by atoms with E-state index in [1.807, 2.05) is 7.05 Å². The van der Waals surface area contributed by atoms with Crippen LogP contribution in [0.1, 0.15) is 5.56 Å². The topological polar surface area (TPSA) is 85.2 Å². The third-order valence-electron chi connectivity index (χ3n) is 5.77. The first kappa shape index (κ1) is 22.5. The fraction of sp³-hybridized carbons (Fsp3) is 0.261. The maximum absolute atomic E-state index is 13.2. The quantitative estimate of drug-likeness (QED) is 0.645. The van der Waals surface area contributed by atoms with Crippen LogP contribution in [0.15, 0.2) is 59.6 Å². The predicted octanol–water partition coefficient (Wildman–Crippen LogP) is 1.59. The molecule has 4 rings (SSSR count). The molecule has 2 aromatic rings.